The van der Waals surface area contributed by atoms with Crippen molar-refractivity contribution < 1.29 is 4.74 Å². The zero-order valence-electron chi connectivity index (χ0n) is 12.6. The van der Waals surface area contributed by atoms with E-state index in [0.717, 1.165) is 6.42 Å². The second-order valence-electron chi connectivity index (χ2n) is 3.73. The number of hydrogen-bond acceptors (Lipinski definition) is 1. The average Bonchev–Trinajstić information content (AvgIpc) is 2.48. The van der Waals surface area contributed by atoms with Gasteiger partial charge in [0.25, 0.3) is 0 Å². The number of ether oxygens (including phenoxy) is 1. The Bertz CT molecular complexity index is 413. The lowest BCUT2D eigenvalue weighted by Gasteiger charge is -2.08. The predicted octanol–water partition coefficient (Wildman–Crippen LogP) is 5.05. The second kappa shape index (κ2) is 11.5. The second-order valence-corrected chi connectivity index (χ2v) is 3.73. The molecule has 0 unspecified atom stereocenters. The van der Waals surface area contributed by atoms with Crippen LogP contribution in [0.2, 0.25) is 0 Å². The van der Waals surface area contributed by atoms with Crippen LogP contribution in [0.15, 0.2) is 55.1 Å². The van der Waals surface area contributed by atoms with Gasteiger partial charge in [-0.2, -0.15) is 0 Å². The summed E-state index contributed by atoms with van der Waals surface area (Å²) in [5.41, 5.74) is 3.79. The molecule has 19 heavy (non-hydrogen) atoms. The molecule has 0 saturated heterocycles. The quantitative estimate of drug-likeness (QED) is 0.649. The van der Waals surface area contributed by atoms with Crippen molar-refractivity contribution >= 4 is 5.57 Å². The van der Waals surface area contributed by atoms with Gasteiger partial charge in [-0.25, -0.2) is 0 Å². The van der Waals surface area contributed by atoms with E-state index in [1.807, 2.05) is 32.1 Å². The molecule has 1 aromatic carbocycles. The Morgan fingerprint density at radius 3 is 2.53 bits per heavy atom. The van der Waals surface area contributed by atoms with Crippen molar-refractivity contribution in [3.05, 3.63) is 66.3 Å². The van der Waals surface area contributed by atoms with E-state index in [1.54, 1.807) is 7.11 Å². The van der Waals surface area contributed by atoms with Gasteiger partial charge in [0, 0.05) is 7.11 Å². The molecule has 0 fully saturated rings. The average molecular weight is 258 g/mol. The maximum absolute atomic E-state index is 5.02. The summed E-state index contributed by atoms with van der Waals surface area (Å²) in [6.07, 6.45) is 8.98. The minimum atomic E-state index is 0.628. The van der Waals surface area contributed by atoms with E-state index in [4.69, 9.17) is 4.74 Å². The summed E-state index contributed by atoms with van der Waals surface area (Å²) in [7, 11) is 1.70. The van der Waals surface area contributed by atoms with Crippen LogP contribution in [0.3, 0.4) is 0 Å². The third kappa shape index (κ3) is 6.21. The molecule has 0 bridgehead atoms. The minimum absolute atomic E-state index is 0.628. The highest BCUT2D eigenvalue weighted by Gasteiger charge is 2.02. The molecule has 0 aliphatic heterocycles. The molecule has 1 rings (SSSR count). The van der Waals surface area contributed by atoms with Crippen molar-refractivity contribution in [2.24, 2.45) is 0 Å². The topological polar surface area (TPSA) is 9.23 Å². The van der Waals surface area contributed by atoms with Crippen LogP contribution < -0.4 is 0 Å². The number of allylic oxidation sites excluding steroid dienone is 4. The standard InChI is InChI=1S/C16H20O.C2H6/c1-4-9-15(11-8-13-17-3)16-12-7-6-10-14(16)5-2;1-2/h4,6-12H,1,5,13H2,2-3H3;1-2H3/b11-8-,15-9+;. The molecule has 0 aromatic heterocycles. The molecular formula is C18H26O. The van der Waals surface area contributed by atoms with Gasteiger partial charge in [-0.05, 0) is 23.1 Å². The highest BCUT2D eigenvalue weighted by molar-refractivity contribution is 5.77. The van der Waals surface area contributed by atoms with Crippen LogP contribution in [0, 0.1) is 0 Å². The van der Waals surface area contributed by atoms with Gasteiger partial charge >= 0.3 is 0 Å². The smallest absolute Gasteiger partial charge is 0.0646 e. The lowest BCUT2D eigenvalue weighted by molar-refractivity contribution is 0.234. The number of rotatable bonds is 6. The fraction of sp³-hybridized carbons (Fsp3) is 0.333. The van der Waals surface area contributed by atoms with E-state index in [1.165, 1.54) is 16.7 Å². The fourth-order valence-corrected chi connectivity index (χ4v) is 1.74. The Kier molecular flexibility index (Phi) is 10.5. The summed E-state index contributed by atoms with van der Waals surface area (Å²) < 4.78 is 5.02. The van der Waals surface area contributed by atoms with Crippen molar-refractivity contribution in [3.8, 4) is 0 Å². The van der Waals surface area contributed by atoms with Crippen LogP contribution in [0.5, 0.6) is 0 Å². The molecule has 0 heterocycles. The van der Waals surface area contributed by atoms with Gasteiger partial charge < -0.3 is 4.74 Å². The van der Waals surface area contributed by atoms with E-state index in [2.05, 4.69) is 43.8 Å². The summed E-state index contributed by atoms with van der Waals surface area (Å²) >= 11 is 0. The Balaban J connectivity index is 0.00000154. The fourth-order valence-electron chi connectivity index (χ4n) is 1.74. The maximum Gasteiger partial charge on any atom is 0.0646 e. The van der Waals surface area contributed by atoms with Gasteiger partial charge in [-0.3, -0.25) is 0 Å². The summed E-state index contributed by atoms with van der Waals surface area (Å²) in [5.74, 6) is 0. The van der Waals surface area contributed by atoms with E-state index >= 15 is 0 Å². The first-order valence-corrected chi connectivity index (χ1v) is 6.90. The van der Waals surface area contributed by atoms with Crippen LogP contribution in [-0.4, -0.2) is 13.7 Å². The van der Waals surface area contributed by atoms with Crippen molar-refractivity contribution in [3.63, 3.8) is 0 Å². The van der Waals surface area contributed by atoms with Crippen molar-refractivity contribution in [2.45, 2.75) is 27.2 Å². The van der Waals surface area contributed by atoms with Crippen molar-refractivity contribution in [1.82, 2.24) is 0 Å². The van der Waals surface area contributed by atoms with Gasteiger partial charge in [0.1, 0.15) is 0 Å². The summed E-state index contributed by atoms with van der Waals surface area (Å²) in [6, 6.07) is 8.45. The first-order valence-electron chi connectivity index (χ1n) is 6.90. The van der Waals surface area contributed by atoms with Gasteiger partial charge in [0.05, 0.1) is 6.61 Å². The lowest BCUT2D eigenvalue weighted by Crippen LogP contribution is -1.90. The molecule has 0 atom stereocenters. The number of aryl methyl sites for hydroxylation is 1. The molecule has 0 aliphatic rings. The first kappa shape index (κ1) is 17.4. The van der Waals surface area contributed by atoms with Crippen molar-refractivity contribution in [1.29, 1.82) is 0 Å². The number of hydrogen-bond donors (Lipinski definition) is 0. The first-order chi connectivity index (χ1) is 9.33. The maximum atomic E-state index is 5.02. The largest absolute Gasteiger partial charge is 0.381 e. The highest BCUT2D eigenvalue weighted by atomic mass is 16.5. The molecule has 0 N–H and O–H groups in total. The molecule has 0 aliphatic carbocycles. The molecule has 0 radical (unpaired) electrons. The number of benzene rings is 1. The zero-order valence-corrected chi connectivity index (χ0v) is 12.6. The van der Waals surface area contributed by atoms with Gasteiger partial charge in [-0.1, -0.05) is 75.9 Å². The Hall–Kier alpha value is -1.60. The predicted molar refractivity (Wildman–Crippen MR) is 86.4 cm³/mol. The molecule has 0 saturated carbocycles. The third-order valence-corrected chi connectivity index (χ3v) is 2.57. The molecule has 1 heteroatoms. The minimum Gasteiger partial charge on any atom is -0.381 e. The van der Waals surface area contributed by atoms with Gasteiger partial charge in [0.2, 0.25) is 0 Å². The third-order valence-electron chi connectivity index (χ3n) is 2.57. The molecule has 1 aromatic rings. The Morgan fingerprint density at radius 2 is 1.95 bits per heavy atom. The monoisotopic (exact) mass is 258 g/mol. The molecule has 0 spiro atoms. The van der Waals surface area contributed by atoms with E-state index < -0.39 is 0 Å². The van der Waals surface area contributed by atoms with E-state index in [-0.39, 0.29) is 0 Å². The molecule has 1 nitrogen and oxygen atoms in total. The summed E-state index contributed by atoms with van der Waals surface area (Å²) in [6.45, 7) is 10.6. The van der Waals surface area contributed by atoms with Crippen LogP contribution in [-0.2, 0) is 11.2 Å². The van der Waals surface area contributed by atoms with E-state index in [9.17, 15) is 0 Å². The summed E-state index contributed by atoms with van der Waals surface area (Å²) in [4.78, 5) is 0. The van der Waals surface area contributed by atoms with Crippen LogP contribution in [0.1, 0.15) is 31.9 Å². The normalized spacial score (nSPS) is 11.1. The summed E-state index contributed by atoms with van der Waals surface area (Å²) in [5, 5.41) is 0. The van der Waals surface area contributed by atoms with Crippen molar-refractivity contribution in [2.75, 3.05) is 13.7 Å². The number of methoxy groups -OCH3 is 1. The van der Waals surface area contributed by atoms with Crippen LogP contribution in [0.25, 0.3) is 5.57 Å². The Morgan fingerprint density at radius 1 is 1.26 bits per heavy atom. The van der Waals surface area contributed by atoms with E-state index in [0.29, 0.717) is 6.61 Å². The Labute approximate surface area is 118 Å². The van der Waals surface area contributed by atoms with Gasteiger partial charge in [-0.15, -0.1) is 0 Å². The molecule has 104 valence electrons. The van der Waals surface area contributed by atoms with Gasteiger partial charge in [0.15, 0.2) is 0 Å². The zero-order chi connectivity index (χ0) is 14.5. The van der Waals surface area contributed by atoms with Crippen LogP contribution >= 0.6 is 0 Å². The molecule has 0 amide bonds. The lowest BCUT2D eigenvalue weighted by atomic mass is 9.97. The molecular weight excluding hydrogens is 232 g/mol. The highest BCUT2D eigenvalue weighted by Crippen LogP contribution is 2.21. The van der Waals surface area contributed by atoms with Crippen LogP contribution in [0.4, 0.5) is 0 Å². The SMILES string of the molecule is C=C/C=C(\C=C/COC)c1ccccc1CC.CC.